The first kappa shape index (κ1) is 13.3. The molecule has 5 nitrogen and oxygen atoms in total. The van der Waals surface area contributed by atoms with Crippen molar-refractivity contribution in [2.75, 3.05) is 26.2 Å². The number of piperidine rings is 1. The van der Waals surface area contributed by atoms with Gasteiger partial charge in [0.25, 0.3) is 0 Å². The van der Waals surface area contributed by atoms with E-state index in [2.05, 4.69) is 11.4 Å². The molecule has 0 aromatic carbocycles. The van der Waals surface area contributed by atoms with E-state index in [0.29, 0.717) is 19.0 Å². The first-order valence-electron chi connectivity index (χ1n) is 6.80. The number of hydrogen-bond acceptors (Lipinski definition) is 4. The lowest BCUT2D eigenvalue weighted by atomic mass is 10.1. The third-order valence-corrected chi connectivity index (χ3v) is 3.50. The molecule has 1 amide bonds. The molecule has 2 rings (SSSR count). The Hall–Kier alpha value is -1.12. The second kappa shape index (κ2) is 6.72. The molecule has 1 aliphatic heterocycles. The molecule has 0 aromatic heterocycles. The second-order valence-corrected chi connectivity index (χ2v) is 4.99. The topological polar surface area (TPSA) is 65.4 Å². The molecule has 2 fully saturated rings. The van der Waals surface area contributed by atoms with Crippen LogP contribution in [0.25, 0.3) is 0 Å². The average molecular weight is 251 g/mol. The Labute approximate surface area is 108 Å². The Bertz CT molecular complexity index is 317. The summed E-state index contributed by atoms with van der Waals surface area (Å²) in [4.78, 5) is 13.9. The van der Waals surface area contributed by atoms with Gasteiger partial charge >= 0.3 is 0 Å². The van der Waals surface area contributed by atoms with Crippen molar-refractivity contribution in [1.82, 2.24) is 10.2 Å². The van der Waals surface area contributed by atoms with E-state index in [4.69, 9.17) is 10.00 Å². The molecule has 0 spiro atoms. The monoisotopic (exact) mass is 251 g/mol. The molecule has 1 heterocycles. The minimum Gasteiger partial charge on any atom is -0.368 e. The average Bonchev–Trinajstić information content (AvgIpc) is 3.22. The first-order chi connectivity index (χ1) is 8.81. The normalized spacial score (nSPS) is 20.4. The van der Waals surface area contributed by atoms with Gasteiger partial charge in [0.1, 0.15) is 6.61 Å². The van der Waals surface area contributed by atoms with Gasteiger partial charge in [0.2, 0.25) is 5.91 Å². The van der Waals surface area contributed by atoms with Crippen molar-refractivity contribution in [3.63, 3.8) is 0 Å². The van der Waals surface area contributed by atoms with Crippen LogP contribution in [0.2, 0.25) is 0 Å². The van der Waals surface area contributed by atoms with Crippen molar-refractivity contribution in [3.05, 3.63) is 0 Å². The molecule has 1 aliphatic carbocycles. The van der Waals surface area contributed by atoms with Gasteiger partial charge in [-0.25, -0.2) is 0 Å². The van der Waals surface area contributed by atoms with Gasteiger partial charge < -0.3 is 15.0 Å². The zero-order chi connectivity index (χ0) is 12.8. The zero-order valence-corrected chi connectivity index (χ0v) is 10.7. The van der Waals surface area contributed by atoms with E-state index in [-0.39, 0.29) is 18.6 Å². The smallest absolute Gasteiger partial charge is 0.248 e. The summed E-state index contributed by atoms with van der Waals surface area (Å²) in [5.74, 6) is 0.0475. The van der Waals surface area contributed by atoms with Crippen molar-refractivity contribution in [2.24, 2.45) is 0 Å². The number of hydrogen-bond donors (Lipinski definition) is 1. The van der Waals surface area contributed by atoms with E-state index < -0.39 is 0 Å². The van der Waals surface area contributed by atoms with E-state index in [1.54, 1.807) is 0 Å². The number of nitriles is 1. The van der Waals surface area contributed by atoms with Gasteiger partial charge in [0.05, 0.1) is 18.6 Å². The number of carbonyl (C=O) groups excluding carboxylic acids is 1. The van der Waals surface area contributed by atoms with Gasteiger partial charge in [0, 0.05) is 12.6 Å². The SMILES string of the molecule is N#CCCN(C(=O)COC1CCNCC1)C1CC1. The molecule has 18 heavy (non-hydrogen) atoms. The highest BCUT2D eigenvalue weighted by Crippen LogP contribution is 2.27. The summed E-state index contributed by atoms with van der Waals surface area (Å²) < 4.78 is 5.67. The van der Waals surface area contributed by atoms with Gasteiger partial charge in [-0.05, 0) is 38.8 Å². The van der Waals surface area contributed by atoms with Crippen molar-refractivity contribution < 1.29 is 9.53 Å². The fourth-order valence-corrected chi connectivity index (χ4v) is 2.30. The summed E-state index contributed by atoms with van der Waals surface area (Å²) in [6.45, 7) is 2.67. The van der Waals surface area contributed by atoms with Crippen molar-refractivity contribution in [3.8, 4) is 6.07 Å². The van der Waals surface area contributed by atoms with E-state index in [0.717, 1.165) is 38.8 Å². The molecule has 2 aliphatic rings. The lowest BCUT2D eigenvalue weighted by molar-refractivity contribution is -0.139. The summed E-state index contributed by atoms with van der Waals surface area (Å²) in [5, 5.41) is 11.9. The molecule has 0 bridgehead atoms. The Balaban J connectivity index is 1.72. The van der Waals surface area contributed by atoms with E-state index in [1.165, 1.54) is 0 Å². The summed E-state index contributed by atoms with van der Waals surface area (Å²) in [5.41, 5.74) is 0. The van der Waals surface area contributed by atoms with Crippen LogP contribution in [0.5, 0.6) is 0 Å². The van der Waals surface area contributed by atoms with Gasteiger partial charge in [-0.3, -0.25) is 4.79 Å². The van der Waals surface area contributed by atoms with Crippen LogP contribution in [0, 0.1) is 11.3 Å². The van der Waals surface area contributed by atoms with Crippen LogP contribution < -0.4 is 5.32 Å². The minimum absolute atomic E-state index is 0.0475. The van der Waals surface area contributed by atoms with Crippen molar-refractivity contribution in [2.45, 2.75) is 44.2 Å². The molecule has 0 unspecified atom stereocenters. The third-order valence-electron chi connectivity index (χ3n) is 3.50. The number of nitrogens with zero attached hydrogens (tertiary/aromatic N) is 2. The quantitative estimate of drug-likeness (QED) is 0.753. The maximum atomic E-state index is 12.0. The summed E-state index contributed by atoms with van der Waals surface area (Å²) in [7, 11) is 0. The maximum absolute atomic E-state index is 12.0. The van der Waals surface area contributed by atoms with Crippen LogP contribution in [0.1, 0.15) is 32.1 Å². The second-order valence-electron chi connectivity index (χ2n) is 4.99. The van der Waals surface area contributed by atoms with Crippen LogP contribution in [0.3, 0.4) is 0 Å². The Morgan fingerprint density at radius 1 is 1.33 bits per heavy atom. The lowest BCUT2D eigenvalue weighted by Crippen LogP contribution is -2.39. The number of carbonyl (C=O) groups is 1. The zero-order valence-electron chi connectivity index (χ0n) is 10.7. The number of rotatable bonds is 6. The van der Waals surface area contributed by atoms with E-state index >= 15 is 0 Å². The highest BCUT2D eigenvalue weighted by molar-refractivity contribution is 5.78. The molecule has 1 N–H and O–H groups in total. The molecule has 1 saturated carbocycles. The van der Waals surface area contributed by atoms with Gasteiger partial charge in [0.15, 0.2) is 0 Å². The molecule has 1 saturated heterocycles. The highest BCUT2D eigenvalue weighted by Gasteiger charge is 2.32. The molecule has 100 valence electrons. The molecule has 0 aromatic rings. The Morgan fingerprint density at radius 2 is 2.06 bits per heavy atom. The molecule has 0 atom stereocenters. The highest BCUT2D eigenvalue weighted by atomic mass is 16.5. The largest absolute Gasteiger partial charge is 0.368 e. The first-order valence-corrected chi connectivity index (χ1v) is 6.80. The van der Waals surface area contributed by atoms with Crippen LogP contribution >= 0.6 is 0 Å². The minimum atomic E-state index is 0.0475. The van der Waals surface area contributed by atoms with Crippen LogP contribution in [0.15, 0.2) is 0 Å². The lowest BCUT2D eigenvalue weighted by Gasteiger charge is -2.25. The van der Waals surface area contributed by atoms with E-state index in [1.807, 2.05) is 4.90 Å². The summed E-state index contributed by atoms with van der Waals surface area (Å²) in [6.07, 6.45) is 4.74. The fourth-order valence-electron chi connectivity index (χ4n) is 2.30. The molecule has 0 radical (unpaired) electrons. The Morgan fingerprint density at radius 3 is 2.67 bits per heavy atom. The van der Waals surface area contributed by atoms with Gasteiger partial charge in [-0.15, -0.1) is 0 Å². The van der Waals surface area contributed by atoms with E-state index in [9.17, 15) is 4.79 Å². The van der Waals surface area contributed by atoms with Gasteiger partial charge in [-0.1, -0.05) is 0 Å². The van der Waals surface area contributed by atoms with Gasteiger partial charge in [-0.2, -0.15) is 5.26 Å². The summed E-state index contributed by atoms with van der Waals surface area (Å²) in [6, 6.07) is 2.46. The number of nitrogens with one attached hydrogen (secondary N) is 1. The van der Waals surface area contributed by atoms with Crippen molar-refractivity contribution in [1.29, 1.82) is 5.26 Å². The summed E-state index contributed by atoms with van der Waals surface area (Å²) >= 11 is 0. The number of ether oxygens (including phenoxy) is 1. The van der Waals surface area contributed by atoms with Crippen LogP contribution in [-0.4, -0.2) is 49.2 Å². The fraction of sp³-hybridized carbons (Fsp3) is 0.846. The maximum Gasteiger partial charge on any atom is 0.248 e. The number of amides is 1. The van der Waals surface area contributed by atoms with Crippen LogP contribution in [-0.2, 0) is 9.53 Å². The molecule has 5 heteroatoms. The predicted octanol–water partition coefficient (Wildman–Crippen LogP) is 0.660. The standard InChI is InChI=1S/C13H21N3O2/c14-6-1-9-16(11-2-3-11)13(17)10-18-12-4-7-15-8-5-12/h11-12,15H,1-5,7-10H2. The molecular weight excluding hydrogens is 230 g/mol. The predicted molar refractivity (Wildman–Crippen MR) is 66.8 cm³/mol. The van der Waals surface area contributed by atoms with Crippen LogP contribution in [0.4, 0.5) is 0 Å². The van der Waals surface area contributed by atoms with Crippen molar-refractivity contribution >= 4 is 5.91 Å². The third kappa shape index (κ3) is 3.97. The Kier molecular flexibility index (Phi) is 4.97. The molecular formula is C13H21N3O2.